The van der Waals surface area contributed by atoms with E-state index in [0.29, 0.717) is 24.0 Å². The summed E-state index contributed by atoms with van der Waals surface area (Å²) in [5.74, 6) is 1.27. The normalized spacial score (nSPS) is 13.8. The number of aliphatic hydroxyl groups excluding tert-OH is 1. The summed E-state index contributed by atoms with van der Waals surface area (Å²) in [5, 5.41) is 19.7. The second-order valence-corrected chi connectivity index (χ2v) is 6.83. The molecule has 0 saturated carbocycles. The number of aromatic hydroxyl groups is 1. The maximum absolute atomic E-state index is 12.1. The van der Waals surface area contributed by atoms with E-state index < -0.39 is 6.10 Å². The summed E-state index contributed by atoms with van der Waals surface area (Å²) in [6.07, 6.45) is 2.97. The summed E-state index contributed by atoms with van der Waals surface area (Å²) in [5.41, 5.74) is 0.771. The van der Waals surface area contributed by atoms with Gasteiger partial charge >= 0.3 is 0 Å². The number of benzene rings is 1. The molecule has 0 heterocycles. The molecule has 1 rings (SSSR count). The molecule has 0 aliphatic rings. The van der Waals surface area contributed by atoms with Gasteiger partial charge in [-0.1, -0.05) is 46.1 Å². The zero-order valence-corrected chi connectivity index (χ0v) is 14.7. The molecule has 2 atom stereocenters. The highest BCUT2D eigenvalue weighted by molar-refractivity contribution is 5.83. The minimum Gasteiger partial charge on any atom is -0.504 e. The number of phenols is 1. The molecular formula is C19H30O4. The molecule has 2 N–H and O–H groups in total. The van der Waals surface area contributed by atoms with Gasteiger partial charge in [-0.15, -0.1) is 0 Å². The van der Waals surface area contributed by atoms with Crippen LogP contribution >= 0.6 is 0 Å². The fourth-order valence-corrected chi connectivity index (χ4v) is 2.64. The molecule has 0 aliphatic carbocycles. The topological polar surface area (TPSA) is 66.8 Å². The van der Waals surface area contributed by atoms with Crippen LogP contribution in [0.3, 0.4) is 0 Å². The number of phenolic OH excluding ortho intramolecular Hbond substituents is 1. The zero-order valence-electron chi connectivity index (χ0n) is 14.7. The van der Waals surface area contributed by atoms with Crippen LogP contribution in [-0.2, 0) is 11.2 Å². The Kier molecular flexibility index (Phi) is 8.10. The van der Waals surface area contributed by atoms with Gasteiger partial charge in [0, 0.05) is 12.8 Å². The molecule has 4 heteroatoms. The molecule has 4 nitrogen and oxygen atoms in total. The first-order valence-corrected chi connectivity index (χ1v) is 8.40. The molecule has 1 unspecified atom stereocenters. The molecule has 0 fully saturated rings. The fourth-order valence-electron chi connectivity index (χ4n) is 2.64. The fraction of sp³-hybridized carbons (Fsp3) is 0.632. The smallest absolute Gasteiger partial charge is 0.161 e. The van der Waals surface area contributed by atoms with Crippen LogP contribution in [0.4, 0.5) is 0 Å². The van der Waals surface area contributed by atoms with Gasteiger partial charge < -0.3 is 14.9 Å². The molecule has 0 spiro atoms. The van der Waals surface area contributed by atoms with E-state index in [-0.39, 0.29) is 18.0 Å². The molecular weight excluding hydrogens is 292 g/mol. The third-order valence-corrected chi connectivity index (χ3v) is 4.07. The van der Waals surface area contributed by atoms with Crippen LogP contribution in [0.1, 0.15) is 52.0 Å². The van der Waals surface area contributed by atoms with Gasteiger partial charge in [-0.3, -0.25) is 4.79 Å². The number of methoxy groups -OCH3 is 1. The third kappa shape index (κ3) is 7.04. The molecule has 1 aromatic rings. The van der Waals surface area contributed by atoms with Gasteiger partial charge in [0.2, 0.25) is 0 Å². The lowest BCUT2D eigenvalue weighted by atomic mass is 9.93. The van der Waals surface area contributed by atoms with Crippen LogP contribution in [-0.4, -0.2) is 29.2 Å². The Balaban J connectivity index is 2.47. The number of hydrogen-bond donors (Lipinski definition) is 2. The second-order valence-electron chi connectivity index (χ2n) is 6.83. The van der Waals surface area contributed by atoms with Crippen LogP contribution in [0, 0.1) is 11.8 Å². The van der Waals surface area contributed by atoms with E-state index in [1.54, 1.807) is 12.1 Å². The van der Waals surface area contributed by atoms with Gasteiger partial charge in [-0.25, -0.2) is 0 Å². The number of carbonyl (C=O) groups is 1. The minimum atomic E-state index is -1.00. The first kappa shape index (κ1) is 19.5. The molecule has 0 radical (unpaired) electrons. The maximum Gasteiger partial charge on any atom is 0.161 e. The lowest BCUT2D eigenvalue weighted by Crippen LogP contribution is -2.24. The highest BCUT2D eigenvalue weighted by Gasteiger charge is 2.19. The van der Waals surface area contributed by atoms with E-state index in [9.17, 15) is 15.0 Å². The van der Waals surface area contributed by atoms with Gasteiger partial charge in [0.25, 0.3) is 0 Å². The minimum absolute atomic E-state index is 0.0517. The average molecular weight is 322 g/mol. The van der Waals surface area contributed by atoms with E-state index in [1.807, 2.05) is 0 Å². The van der Waals surface area contributed by atoms with Crippen LogP contribution < -0.4 is 4.74 Å². The zero-order chi connectivity index (χ0) is 17.4. The van der Waals surface area contributed by atoms with Crippen molar-refractivity contribution in [1.82, 2.24) is 0 Å². The predicted octanol–water partition coefficient (Wildman–Crippen LogP) is 3.73. The number of rotatable bonds is 10. The number of Topliss-reactive ketones (excluding diaryl/α,β-unsaturated/α-hetero) is 1. The van der Waals surface area contributed by atoms with E-state index in [2.05, 4.69) is 20.8 Å². The van der Waals surface area contributed by atoms with Crippen LogP contribution in [0.15, 0.2) is 18.2 Å². The number of aliphatic hydroxyl groups is 1. The number of carbonyl (C=O) groups excluding carboxylic acids is 1. The third-order valence-electron chi connectivity index (χ3n) is 4.07. The summed E-state index contributed by atoms with van der Waals surface area (Å²) in [4.78, 5) is 12.1. The molecule has 0 amide bonds. The van der Waals surface area contributed by atoms with Crippen LogP contribution in [0.25, 0.3) is 0 Å². The summed E-state index contributed by atoms with van der Waals surface area (Å²) in [6.45, 7) is 6.46. The van der Waals surface area contributed by atoms with Gasteiger partial charge in [-0.2, -0.15) is 0 Å². The second kappa shape index (κ2) is 9.56. The molecule has 0 aliphatic heterocycles. The maximum atomic E-state index is 12.1. The van der Waals surface area contributed by atoms with E-state index in [1.165, 1.54) is 19.6 Å². The number of ketones is 1. The summed E-state index contributed by atoms with van der Waals surface area (Å²) >= 11 is 0. The van der Waals surface area contributed by atoms with Crippen molar-refractivity contribution in [1.29, 1.82) is 0 Å². The molecule has 23 heavy (non-hydrogen) atoms. The lowest BCUT2D eigenvalue weighted by molar-refractivity contribution is -0.127. The summed E-state index contributed by atoms with van der Waals surface area (Å²) in [7, 11) is 1.47. The van der Waals surface area contributed by atoms with Crippen molar-refractivity contribution in [3.8, 4) is 11.5 Å². The number of hydrogen-bond acceptors (Lipinski definition) is 4. The first-order valence-electron chi connectivity index (χ1n) is 8.40. The number of ether oxygens (including phenoxy) is 1. The van der Waals surface area contributed by atoms with Gasteiger partial charge in [0.1, 0.15) is 6.10 Å². The van der Waals surface area contributed by atoms with Gasteiger partial charge in [-0.05, 0) is 29.5 Å². The first-order chi connectivity index (χ1) is 10.8. The van der Waals surface area contributed by atoms with E-state index >= 15 is 0 Å². The Morgan fingerprint density at radius 3 is 2.52 bits per heavy atom. The van der Waals surface area contributed by atoms with Crippen molar-refractivity contribution < 1.29 is 19.7 Å². The summed E-state index contributed by atoms with van der Waals surface area (Å²) < 4.78 is 5.04. The van der Waals surface area contributed by atoms with Crippen LogP contribution in [0.5, 0.6) is 11.5 Å². The van der Waals surface area contributed by atoms with Gasteiger partial charge in [0.05, 0.1) is 7.11 Å². The van der Waals surface area contributed by atoms with E-state index in [4.69, 9.17) is 4.74 Å². The van der Waals surface area contributed by atoms with Crippen molar-refractivity contribution >= 4 is 5.78 Å². The van der Waals surface area contributed by atoms with Gasteiger partial charge in [0.15, 0.2) is 17.3 Å². The Labute approximate surface area is 139 Å². The van der Waals surface area contributed by atoms with Crippen molar-refractivity contribution in [2.45, 2.75) is 59.0 Å². The monoisotopic (exact) mass is 322 g/mol. The molecule has 0 bridgehead atoms. The Morgan fingerprint density at radius 1 is 1.22 bits per heavy atom. The lowest BCUT2D eigenvalue weighted by Gasteiger charge is -2.15. The largest absolute Gasteiger partial charge is 0.504 e. The Bertz CT molecular complexity index is 496. The SMILES string of the molecule is COc1cc(CC(O)C(=O)C[C@@H](C)CCCC(C)C)ccc1O. The molecule has 0 saturated heterocycles. The highest BCUT2D eigenvalue weighted by Crippen LogP contribution is 2.27. The Morgan fingerprint density at radius 2 is 1.91 bits per heavy atom. The van der Waals surface area contributed by atoms with E-state index in [0.717, 1.165) is 18.4 Å². The quantitative estimate of drug-likeness (QED) is 0.689. The predicted molar refractivity (Wildman–Crippen MR) is 91.8 cm³/mol. The van der Waals surface area contributed by atoms with Crippen molar-refractivity contribution in [2.24, 2.45) is 11.8 Å². The summed E-state index contributed by atoms with van der Waals surface area (Å²) in [6, 6.07) is 4.86. The average Bonchev–Trinajstić information content (AvgIpc) is 2.48. The molecule has 130 valence electrons. The van der Waals surface area contributed by atoms with Crippen molar-refractivity contribution in [2.75, 3.05) is 7.11 Å². The standard InChI is InChI=1S/C19H30O4/c1-13(2)6-5-7-14(3)10-17(21)18(22)11-15-8-9-16(20)19(12-15)23-4/h8-9,12-14,18,20,22H,5-7,10-11H2,1-4H3/t14-,18?/m0/s1. The highest BCUT2D eigenvalue weighted by atomic mass is 16.5. The van der Waals surface area contributed by atoms with Crippen LogP contribution in [0.2, 0.25) is 0 Å². The molecule has 0 aromatic heterocycles. The Hall–Kier alpha value is -1.55. The van der Waals surface area contributed by atoms with Crippen molar-refractivity contribution in [3.63, 3.8) is 0 Å². The van der Waals surface area contributed by atoms with Crippen molar-refractivity contribution in [3.05, 3.63) is 23.8 Å². The molecule has 1 aromatic carbocycles.